The molecule has 3 heteroatoms. The number of rotatable bonds is 3. The van der Waals surface area contributed by atoms with Crippen molar-refractivity contribution in [2.24, 2.45) is 0 Å². The minimum Gasteiger partial charge on any atom is -0.305 e. The molecule has 0 aliphatic rings. The zero-order chi connectivity index (χ0) is 11.4. The normalized spacial score (nSPS) is 9.76. The van der Waals surface area contributed by atoms with Crippen LogP contribution in [0.25, 0.3) is 11.3 Å². The van der Waals surface area contributed by atoms with Gasteiger partial charge in [0.15, 0.2) is 0 Å². The molecule has 0 saturated heterocycles. The maximum absolute atomic E-state index is 4.40. The molecular formula is C14H13INRh-. The minimum absolute atomic E-state index is 0. The predicted molar refractivity (Wildman–Crippen MR) is 75.2 cm³/mol. The SMILES string of the molecule is CCCc1ccnc(-c2[c-]ccc(I)c2)c1.[Rh]. The molecule has 0 fully saturated rings. The summed E-state index contributed by atoms with van der Waals surface area (Å²) in [5.41, 5.74) is 3.44. The Hall–Kier alpha value is -0.277. The van der Waals surface area contributed by atoms with Crippen molar-refractivity contribution < 1.29 is 19.5 Å². The van der Waals surface area contributed by atoms with Crippen LogP contribution in [0.15, 0.2) is 36.5 Å². The van der Waals surface area contributed by atoms with Crippen molar-refractivity contribution in [2.75, 3.05) is 0 Å². The zero-order valence-electron chi connectivity index (χ0n) is 9.54. The molecule has 0 bridgehead atoms. The number of nitrogens with zero attached hydrogens (tertiary/aromatic N) is 1. The molecule has 17 heavy (non-hydrogen) atoms. The first-order valence-electron chi connectivity index (χ1n) is 5.42. The van der Waals surface area contributed by atoms with Crippen LogP contribution in [0.5, 0.6) is 0 Å². The summed E-state index contributed by atoms with van der Waals surface area (Å²) >= 11 is 2.31. The monoisotopic (exact) mass is 425 g/mol. The van der Waals surface area contributed by atoms with Crippen molar-refractivity contribution in [3.8, 4) is 11.3 Å². The van der Waals surface area contributed by atoms with Crippen LogP contribution in [-0.2, 0) is 25.9 Å². The van der Waals surface area contributed by atoms with Crippen LogP contribution in [-0.4, -0.2) is 4.98 Å². The van der Waals surface area contributed by atoms with E-state index >= 15 is 0 Å². The standard InChI is InChI=1S/C14H13IN.Rh/c1-2-4-11-7-8-16-14(9-11)12-5-3-6-13(15)10-12;/h3,6-10H,2,4H2,1H3;/q-1;. The van der Waals surface area contributed by atoms with Crippen LogP contribution in [0.2, 0.25) is 0 Å². The van der Waals surface area contributed by atoms with Gasteiger partial charge >= 0.3 is 0 Å². The average molecular weight is 425 g/mol. The maximum Gasteiger partial charge on any atom is 0.0163 e. The van der Waals surface area contributed by atoms with E-state index in [4.69, 9.17) is 0 Å². The second-order valence-corrected chi connectivity index (χ2v) is 4.97. The van der Waals surface area contributed by atoms with Crippen LogP contribution in [0.4, 0.5) is 0 Å². The average Bonchev–Trinajstić information content (AvgIpc) is 2.30. The summed E-state index contributed by atoms with van der Waals surface area (Å²) in [6.45, 7) is 2.19. The summed E-state index contributed by atoms with van der Waals surface area (Å²) in [4.78, 5) is 4.40. The molecule has 0 aliphatic carbocycles. The molecule has 91 valence electrons. The van der Waals surface area contributed by atoms with Gasteiger partial charge in [0.05, 0.1) is 0 Å². The second-order valence-electron chi connectivity index (χ2n) is 3.72. The Bertz CT molecular complexity index is 485. The van der Waals surface area contributed by atoms with Gasteiger partial charge in [-0.1, -0.05) is 51.1 Å². The molecule has 1 heterocycles. The Kier molecular flexibility index (Phi) is 6.28. The van der Waals surface area contributed by atoms with Gasteiger partial charge in [-0.3, -0.25) is 0 Å². The number of hydrogen-bond donors (Lipinski definition) is 0. The van der Waals surface area contributed by atoms with E-state index in [1.807, 2.05) is 18.3 Å². The van der Waals surface area contributed by atoms with Crippen LogP contribution < -0.4 is 0 Å². The first kappa shape index (κ1) is 14.8. The van der Waals surface area contributed by atoms with E-state index in [9.17, 15) is 0 Å². The van der Waals surface area contributed by atoms with Crippen molar-refractivity contribution in [1.29, 1.82) is 0 Å². The van der Waals surface area contributed by atoms with E-state index in [1.165, 1.54) is 15.6 Å². The van der Waals surface area contributed by atoms with Gasteiger partial charge in [0.1, 0.15) is 0 Å². The van der Waals surface area contributed by atoms with E-state index in [-0.39, 0.29) is 19.5 Å². The van der Waals surface area contributed by atoms with Crippen molar-refractivity contribution >= 4 is 22.6 Å². The largest absolute Gasteiger partial charge is 0.305 e. The number of halogens is 1. The fourth-order valence-corrected chi connectivity index (χ4v) is 2.14. The van der Waals surface area contributed by atoms with E-state index in [1.54, 1.807) is 0 Å². The van der Waals surface area contributed by atoms with E-state index in [0.29, 0.717) is 0 Å². The van der Waals surface area contributed by atoms with Gasteiger partial charge in [-0.2, -0.15) is 0 Å². The number of aryl methyl sites for hydroxylation is 1. The summed E-state index contributed by atoms with van der Waals surface area (Å²) in [6, 6.07) is 13.6. The Morgan fingerprint density at radius 3 is 2.82 bits per heavy atom. The van der Waals surface area contributed by atoms with Gasteiger partial charge in [-0.05, 0) is 18.2 Å². The Balaban J connectivity index is 0.00000144. The topological polar surface area (TPSA) is 12.9 Å². The molecule has 1 aromatic heterocycles. The smallest absolute Gasteiger partial charge is 0.0163 e. The summed E-state index contributed by atoms with van der Waals surface area (Å²) in [5, 5.41) is 0. The third-order valence-corrected chi connectivity index (χ3v) is 3.07. The predicted octanol–water partition coefficient (Wildman–Crippen LogP) is 4.10. The minimum atomic E-state index is 0. The molecule has 2 rings (SSSR count). The van der Waals surface area contributed by atoms with Crippen molar-refractivity contribution in [3.63, 3.8) is 0 Å². The Labute approximate surface area is 129 Å². The van der Waals surface area contributed by atoms with Crippen LogP contribution in [0, 0.1) is 9.64 Å². The molecule has 2 aromatic rings. The molecular weight excluding hydrogens is 412 g/mol. The van der Waals surface area contributed by atoms with Crippen LogP contribution in [0.1, 0.15) is 18.9 Å². The maximum atomic E-state index is 4.40. The molecule has 0 saturated carbocycles. The van der Waals surface area contributed by atoms with E-state index in [2.05, 4.69) is 58.8 Å². The van der Waals surface area contributed by atoms with Gasteiger partial charge in [-0.15, -0.1) is 29.8 Å². The van der Waals surface area contributed by atoms with E-state index in [0.717, 1.165) is 17.7 Å². The zero-order valence-corrected chi connectivity index (χ0v) is 13.3. The molecule has 1 nitrogen and oxygen atoms in total. The fraction of sp³-hybridized carbons (Fsp3) is 0.214. The second kappa shape index (κ2) is 7.22. The number of benzene rings is 1. The van der Waals surface area contributed by atoms with Crippen molar-refractivity contribution in [1.82, 2.24) is 4.98 Å². The molecule has 0 spiro atoms. The third kappa shape index (κ3) is 4.15. The van der Waals surface area contributed by atoms with Gasteiger partial charge < -0.3 is 4.98 Å². The first-order valence-corrected chi connectivity index (χ1v) is 6.50. The molecule has 0 N–H and O–H groups in total. The summed E-state index contributed by atoms with van der Waals surface area (Å²) in [6.07, 6.45) is 4.16. The molecule has 1 aromatic carbocycles. The van der Waals surface area contributed by atoms with Crippen molar-refractivity contribution in [2.45, 2.75) is 19.8 Å². The molecule has 0 unspecified atom stereocenters. The molecule has 0 atom stereocenters. The Morgan fingerprint density at radius 2 is 2.12 bits per heavy atom. The van der Waals surface area contributed by atoms with Gasteiger partial charge in [0.2, 0.25) is 0 Å². The number of hydrogen-bond acceptors (Lipinski definition) is 1. The first-order chi connectivity index (χ1) is 7.79. The fourth-order valence-electron chi connectivity index (χ4n) is 1.65. The van der Waals surface area contributed by atoms with Crippen molar-refractivity contribution in [3.05, 3.63) is 51.7 Å². The van der Waals surface area contributed by atoms with Crippen LogP contribution >= 0.6 is 22.6 Å². The molecule has 1 radical (unpaired) electrons. The quantitative estimate of drug-likeness (QED) is 0.410. The van der Waals surface area contributed by atoms with E-state index < -0.39 is 0 Å². The Morgan fingerprint density at radius 1 is 1.29 bits per heavy atom. The summed E-state index contributed by atoms with van der Waals surface area (Å²) in [5.74, 6) is 0. The summed E-state index contributed by atoms with van der Waals surface area (Å²) < 4.78 is 1.22. The van der Waals surface area contributed by atoms with Gasteiger partial charge in [-0.25, -0.2) is 0 Å². The van der Waals surface area contributed by atoms with Crippen LogP contribution in [0.3, 0.4) is 0 Å². The molecule has 0 aliphatic heterocycles. The number of pyridine rings is 1. The summed E-state index contributed by atoms with van der Waals surface area (Å²) in [7, 11) is 0. The number of aromatic nitrogens is 1. The third-order valence-electron chi connectivity index (χ3n) is 2.40. The van der Waals surface area contributed by atoms with Gasteiger partial charge in [0.25, 0.3) is 0 Å². The van der Waals surface area contributed by atoms with Gasteiger partial charge in [0, 0.05) is 25.7 Å². The molecule has 0 amide bonds.